The zero-order valence-corrected chi connectivity index (χ0v) is 12.4. The highest BCUT2D eigenvalue weighted by molar-refractivity contribution is 5.69. The van der Waals surface area contributed by atoms with E-state index in [1.54, 1.807) is 7.11 Å². The molecule has 0 heterocycles. The molecule has 0 unspecified atom stereocenters. The van der Waals surface area contributed by atoms with Crippen LogP contribution < -0.4 is 4.74 Å². The Morgan fingerprint density at radius 3 is 2.42 bits per heavy atom. The van der Waals surface area contributed by atoms with Crippen LogP contribution in [0.25, 0.3) is 0 Å². The van der Waals surface area contributed by atoms with Crippen molar-refractivity contribution >= 4 is 5.97 Å². The summed E-state index contributed by atoms with van der Waals surface area (Å²) in [6.45, 7) is 5.58. The van der Waals surface area contributed by atoms with E-state index in [-0.39, 0.29) is 5.97 Å². The standard InChI is InChI=1S/C15H23NO3/c1-11-8-13(14(18-4)9-12(11)2)10-16(3)7-6-15(17)19-5/h8-9H,6-7,10H2,1-5H3. The van der Waals surface area contributed by atoms with Crippen molar-refractivity contribution in [3.63, 3.8) is 0 Å². The fraction of sp³-hybridized carbons (Fsp3) is 0.533. The Kier molecular flexibility index (Phi) is 5.83. The van der Waals surface area contributed by atoms with Gasteiger partial charge in [0.1, 0.15) is 5.75 Å². The zero-order valence-electron chi connectivity index (χ0n) is 12.4. The van der Waals surface area contributed by atoms with Crippen molar-refractivity contribution in [3.8, 4) is 5.75 Å². The predicted molar refractivity (Wildman–Crippen MR) is 75.4 cm³/mol. The normalized spacial score (nSPS) is 10.6. The number of hydrogen-bond acceptors (Lipinski definition) is 4. The molecule has 0 aliphatic rings. The second kappa shape index (κ2) is 7.14. The van der Waals surface area contributed by atoms with Gasteiger partial charge in [-0.15, -0.1) is 0 Å². The molecule has 1 aromatic carbocycles. The van der Waals surface area contributed by atoms with Crippen molar-refractivity contribution in [1.29, 1.82) is 0 Å². The Labute approximate surface area is 115 Å². The first-order valence-electron chi connectivity index (χ1n) is 6.37. The lowest BCUT2D eigenvalue weighted by Gasteiger charge is -2.19. The highest BCUT2D eigenvalue weighted by atomic mass is 16.5. The number of carbonyl (C=O) groups is 1. The monoisotopic (exact) mass is 265 g/mol. The van der Waals surface area contributed by atoms with E-state index in [9.17, 15) is 4.79 Å². The lowest BCUT2D eigenvalue weighted by atomic mass is 10.0. The van der Waals surface area contributed by atoms with Crippen molar-refractivity contribution in [1.82, 2.24) is 4.90 Å². The number of aryl methyl sites for hydroxylation is 2. The number of esters is 1. The van der Waals surface area contributed by atoms with Gasteiger partial charge in [0.25, 0.3) is 0 Å². The maximum Gasteiger partial charge on any atom is 0.306 e. The van der Waals surface area contributed by atoms with Crippen molar-refractivity contribution in [2.45, 2.75) is 26.8 Å². The summed E-state index contributed by atoms with van der Waals surface area (Å²) >= 11 is 0. The molecular weight excluding hydrogens is 242 g/mol. The topological polar surface area (TPSA) is 38.8 Å². The molecule has 0 saturated carbocycles. The SMILES string of the molecule is COC(=O)CCN(C)Cc1cc(C)c(C)cc1OC. The molecule has 0 saturated heterocycles. The van der Waals surface area contributed by atoms with Crippen LogP contribution in [0, 0.1) is 13.8 Å². The van der Waals surface area contributed by atoms with Crippen LogP contribution in [0.5, 0.6) is 5.75 Å². The molecule has 1 aromatic rings. The Morgan fingerprint density at radius 2 is 1.84 bits per heavy atom. The van der Waals surface area contributed by atoms with Crippen molar-refractivity contribution < 1.29 is 14.3 Å². The summed E-state index contributed by atoms with van der Waals surface area (Å²) in [6.07, 6.45) is 0.403. The summed E-state index contributed by atoms with van der Waals surface area (Å²) in [5, 5.41) is 0. The van der Waals surface area contributed by atoms with Crippen LogP contribution in [-0.2, 0) is 16.1 Å². The number of ether oxygens (including phenoxy) is 2. The third kappa shape index (κ3) is 4.56. The third-order valence-corrected chi connectivity index (χ3v) is 3.26. The molecule has 4 heteroatoms. The maximum absolute atomic E-state index is 11.1. The molecule has 0 spiro atoms. The lowest BCUT2D eigenvalue weighted by molar-refractivity contribution is -0.140. The van der Waals surface area contributed by atoms with Crippen LogP contribution in [0.15, 0.2) is 12.1 Å². The Hall–Kier alpha value is -1.55. The van der Waals surface area contributed by atoms with Gasteiger partial charge in [-0.1, -0.05) is 6.07 Å². The van der Waals surface area contributed by atoms with Gasteiger partial charge in [0, 0.05) is 18.7 Å². The average molecular weight is 265 g/mol. The third-order valence-electron chi connectivity index (χ3n) is 3.26. The van der Waals surface area contributed by atoms with E-state index in [0.717, 1.165) is 17.9 Å². The fourth-order valence-electron chi connectivity index (χ4n) is 1.92. The van der Waals surface area contributed by atoms with Crippen molar-refractivity contribution in [2.24, 2.45) is 0 Å². The van der Waals surface area contributed by atoms with E-state index in [1.807, 2.05) is 7.05 Å². The summed E-state index contributed by atoms with van der Waals surface area (Å²) in [5.41, 5.74) is 3.60. The number of carbonyl (C=O) groups excluding carboxylic acids is 1. The van der Waals surface area contributed by atoms with Crippen LogP contribution in [0.2, 0.25) is 0 Å². The molecule has 0 atom stereocenters. The quantitative estimate of drug-likeness (QED) is 0.740. The first kappa shape index (κ1) is 15.5. The molecule has 1 rings (SSSR count). The van der Waals surface area contributed by atoms with Crippen LogP contribution >= 0.6 is 0 Å². The van der Waals surface area contributed by atoms with Gasteiger partial charge in [-0.05, 0) is 38.1 Å². The minimum Gasteiger partial charge on any atom is -0.496 e. The molecule has 0 aliphatic heterocycles. The fourth-order valence-corrected chi connectivity index (χ4v) is 1.92. The van der Waals surface area contributed by atoms with Gasteiger partial charge in [0.15, 0.2) is 0 Å². The molecule has 0 amide bonds. The van der Waals surface area contributed by atoms with Gasteiger partial charge in [-0.2, -0.15) is 0 Å². The number of benzene rings is 1. The molecule has 0 aliphatic carbocycles. The summed E-state index contributed by atoms with van der Waals surface area (Å²) in [4.78, 5) is 13.2. The predicted octanol–water partition coefficient (Wildman–Crippen LogP) is 2.31. The number of methoxy groups -OCH3 is 2. The maximum atomic E-state index is 11.1. The second-order valence-corrected chi connectivity index (χ2v) is 4.81. The molecule has 4 nitrogen and oxygen atoms in total. The van der Waals surface area contributed by atoms with Crippen molar-refractivity contribution in [3.05, 3.63) is 28.8 Å². The molecule has 0 bridgehead atoms. The summed E-state index contributed by atoms with van der Waals surface area (Å²) in [7, 11) is 5.08. The summed E-state index contributed by atoms with van der Waals surface area (Å²) < 4.78 is 10.1. The number of hydrogen-bond donors (Lipinski definition) is 0. The zero-order chi connectivity index (χ0) is 14.4. The number of rotatable bonds is 6. The van der Waals surface area contributed by atoms with E-state index in [0.29, 0.717) is 13.0 Å². The Bertz CT molecular complexity index is 443. The van der Waals surface area contributed by atoms with Gasteiger partial charge in [0.2, 0.25) is 0 Å². The number of nitrogens with zero attached hydrogens (tertiary/aromatic N) is 1. The van der Waals surface area contributed by atoms with Crippen LogP contribution in [0.1, 0.15) is 23.1 Å². The molecule has 19 heavy (non-hydrogen) atoms. The second-order valence-electron chi connectivity index (χ2n) is 4.81. The van der Waals surface area contributed by atoms with Gasteiger partial charge in [-0.3, -0.25) is 4.79 Å². The lowest BCUT2D eigenvalue weighted by Crippen LogP contribution is -2.22. The Morgan fingerprint density at radius 1 is 1.21 bits per heavy atom. The average Bonchev–Trinajstić information content (AvgIpc) is 2.39. The van der Waals surface area contributed by atoms with Gasteiger partial charge >= 0.3 is 5.97 Å². The molecule has 0 aromatic heterocycles. The van der Waals surface area contributed by atoms with Crippen LogP contribution in [-0.4, -0.2) is 38.7 Å². The van der Waals surface area contributed by atoms with Crippen LogP contribution in [0.3, 0.4) is 0 Å². The highest BCUT2D eigenvalue weighted by Gasteiger charge is 2.10. The highest BCUT2D eigenvalue weighted by Crippen LogP contribution is 2.24. The van der Waals surface area contributed by atoms with Gasteiger partial charge in [-0.25, -0.2) is 0 Å². The van der Waals surface area contributed by atoms with E-state index in [4.69, 9.17) is 4.74 Å². The molecule has 106 valence electrons. The van der Waals surface area contributed by atoms with E-state index in [2.05, 4.69) is 35.6 Å². The first-order chi connectivity index (χ1) is 8.97. The van der Waals surface area contributed by atoms with E-state index < -0.39 is 0 Å². The summed E-state index contributed by atoms with van der Waals surface area (Å²) in [5.74, 6) is 0.715. The Balaban J connectivity index is 2.70. The van der Waals surface area contributed by atoms with E-state index >= 15 is 0 Å². The smallest absolute Gasteiger partial charge is 0.306 e. The minimum absolute atomic E-state index is 0.182. The molecule has 0 N–H and O–H groups in total. The van der Waals surface area contributed by atoms with Gasteiger partial charge < -0.3 is 14.4 Å². The molecule has 0 fully saturated rings. The molecule has 0 radical (unpaired) electrons. The summed E-state index contributed by atoms with van der Waals surface area (Å²) in [6, 6.07) is 4.20. The van der Waals surface area contributed by atoms with E-state index in [1.165, 1.54) is 18.2 Å². The first-order valence-corrected chi connectivity index (χ1v) is 6.37. The van der Waals surface area contributed by atoms with Crippen LogP contribution in [0.4, 0.5) is 0 Å². The van der Waals surface area contributed by atoms with Gasteiger partial charge in [0.05, 0.1) is 20.6 Å². The van der Waals surface area contributed by atoms with Crippen molar-refractivity contribution in [2.75, 3.05) is 27.8 Å². The largest absolute Gasteiger partial charge is 0.496 e. The minimum atomic E-state index is -0.182. The molecular formula is C15H23NO3.